The first-order chi connectivity index (χ1) is 7.23. The van der Waals surface area contributed by atoms with Crippen LogP contribution >= 0.6 is 0 Å². The van der Waals surface area contributed by atoms with E-state index in [9.17, 15) is 9.59 Å². The number of carbonyl (C=O) groups excluding carboxylic acids is 1. The molecule has 0 aromatic heterocycles. The van der Waals surface area contributed by atoms with Crippen molar-refractivity contribution in [1.82, 2.24) is 4.90 Å². The molecule has 1 saturated heterocycles. The Labute approximate surface area is 94.4 Å². The van der Waals surface area contributed by atoms with Crippen molar-refractivity contribution >= 4 is 12.1 Å². The van der Waals surface area contributed by atoms with Crippen LogP contribution in [0.1, 0.15) is 27.2 Å². The normalized spacial score (nSPS) is 26.2. The molecule has 1 saturated carbocycles. The van der Waals surface area contributed by atoms with Crippen molar-refractivity contribution in [2.45, 2.75) is 32.8 Å². The molecular weight excluding hydrogens is 210 g/mol. The molecule has 5 heteroatoms. The van der Waals surface area contributed by atoms with Crippen LogP contribution < -0.4 is 0 Å². The summed E-state index contributed by atoms with van der Waals surface area (Å²) in [6.07, 6.45) is 0.357. The first kappa shape index (κ1) is 11.2. The molecule has 0 radical (unpaired) electrons. The third-order valence-corrected chi connectivity index (χ3v) is 3.15. The van der Waals surface area contributed by atoms with Crippen LogP contribution in [0.3, 0.4) is 0 Å². The smallest absolute Gasteiger partial charge is 0.410 e. The summed E-state index contributed by atoms with van der Waals surface area (Å²) in [6, 6.07) is 0. The van der Waals surface area contributed by atoms with Gasteiger partial charge < -0.3 is 14.7 Å². The van der Waals surface area contributed by atoms with Gasteiger partial charge in [-0.25, -0.2) is 4.79 Å². The standard InChI is InChI=1S/C11H17NO4/c1-10(2,3)16-9(15)12-5-11(6-12)4-7(11)8(13)14/h7H,4-6H2,1-3H3,(H,13,14)/t7-/m1/s1. The predicted molar refractivity (Wildman–Crippen MR) is 56.0 cm³/mol. The van der Waals surface area contributed by atoms with Crippen molar-refractivity contribution in [3.63, 3.8) is 0 Å². The molecule has 0 aromatic carbocycles. The minimum absolute atomic E-state index is 0.136. The molecule has 1 spiro atoms. The zero-order chi connectivity index (χ0) is 12.1. The molecule has 1 aliphatic carbocycles. The molecule has 1 amide bonds. The predicted octanol–water partition coefficient (Wildman–Crippen LogP) is 1.33. The lowest BCUT2D eigenvalue weighted by Gasteiger charge is -2.40. The molecule has 2 aliphatic rings. The van der Waals surface area contributed by atoms with E-state index >= 15 is 0 Å². The lowest BCUT2D eigenvalue weighted by atomic mass is 9.94. The number of likely N-dealkylation sites (tertiary alicyclic amines) is 1. The van der Waals surface area contributed by atoms with Crippen LogP contribution in [-0.4, -0.2) is 40.8 Å². The minimum atomic E-state index is -0.746. The van der Waals surface area contributed by atoms with Gasteiger partial charge in [-0.15, -0.1) is 0 Å². The highest BCUT2D eigenvalue weighted by Gasteiger charge is 2.66. The Morgan fingerprint density at radius 1 is 1.38 bits per heavy atom. The van der Waals surface area contributed by atoms with Crippen molar-refractivity contribution in [3.05, 3.63) is 0 Å². The molecule has 5 nitrogen and oxygen atoms in total. The average molecular weight is 227 g/mol. The highest BCUT2D eigenvalue weighted by Crippen LogP contribution is 2.58. The van der Waals surface area contributed by atoms with Crippen molar-refractivity contribution in [2.24, 2.45) is 11.3 Å². The van der Waals surface area contributed by atoms with Crippen LogP contribution in [0.5, 0.6) is 0 Å². The number of amides is 1. The van der Waals surface area contributed by atoms with Crippen molar-refractivity contribution in [2.75, 3.05) is 13.1 Å². The van der Waals surface area contributed by atoms with Crippen LogP contribution in [0.15, 0.2) is 0 Å². The highest BCUT2D eigenvalue weighted by molar-refractivity contribution is 5.77. The molecule has 0 unspecified atom stereocenters. The van der Waals surface area contributed by atoms with Gasteiger partial charge in [-0.2, -0.15) is 0 Å². The number of hydrogen-bond acceptors (Lipinski definition) is 3. The number of aliphatic carboxylic acids is 1. The molecular formula is C11H17NO4. The summed E-state index contributed by atoms with van der Waals surface area (Å²) < 4.78 is 5.20. The monoisotopic (exact) mass is 227 g/mol. The maximum Gasteiger partial charge on any atom is 0.410 e. The van der Waals surface area contributed by atoms with Gasteiger partial charge >= 0.3 is 12.1 Å². The molecule has 1 heterocycles. The quantitative estimate of drug-likeness (QED) is 0.733. The van der Waals surface area contributed by atoms with Crippen molar-refractivity contribution in [1.29, 1.82) is 0 Å². The largest absolute Gasteiger partial charge is 0.481 e. The fraction of sp³-hybridized carbons (Fsp3) is 0.818. The third-order valence-electron chi connectivity index (χ3n) is 3.15. The van der Waals surface area contributed by atoms with Gasteiger partial charge in [-0.1, -0.05) is 0 Å². The molecule has 2 rings (SSSR count). The zero-order valence-electron chi connectivity index (χ0n) is 9.82. The Bertz CT molecular complexity index is 338. The van der Waals surface area contributed by atoms with Crippen molar-refractivity contribution < 1.29 is 19.4 Å². The van der Waals surface area contributed by atoms with Gasteiger partial charge in [0.05, 0.1) is 5.92 Å². The van der Waals surface area contributed by atoms with E-state index in [1.807, 2.05) is 20.8 Å². The Morgan fingerprint density at radius 3 is 2.31 bits per heavy atom. The average Bonchev–Trinajstić information content (AvgIpc) is 2.71. The second-order valence-corrected chi connectivity index (χ2v) is 5.79. The second kappa shape index (κ2) is 3.12. The summed E-state index contributed by atoms with van der Waals surface area (Å²) in [4.78, 5) is 23.9. The molecule has 16 heavy (non-hydrogen) atoms. The van der Waals surface area contributed by atoms with Gasteiger partial charge in [0, 0.05) is 18.5 Å². The Morgan fingerprint density at radius 2 is 1.94 bits per heavy atom. The minimum Gasteiger partial charge on any atom is -0.481 e. The Kier molecular flexibility index (Phi) is 2.19. The molecule has 0 aromatic rings. The van der Waals surface area contributed by atoms with E-state index in [1.165, 1.54) is 0 Å². The van der Waals surface area contributed by atoms with E-state index in [0.29, 0.717) is 19.5 Å². The van der Waals surface area contributed by atoms with Crippen molar-refractivity contribution in [3.8, 4) is 0 Å². The number of rotatable bonds is 1. The lowest BCUT2D eigenvalue weighted by Crippen LogP contribution is -2.54. The van der Waals surface area contributed by atoms with Crippen LogP contribution in [0.4, 0.5) is 4.79 Å². The van der Waals surface area contributed by atoms with Crippen LogP contribution in [-0.2, 0) is 9.53 Å². The van der Waals surface area contributed by atoms with Gasteiger partial charge in [0.2, 0.25) is 0 Å². The number of carbonyl (C=O) groups is 2. The maximum atomic E-state index is 11.6. The third kappa shape index (κ3) is 1.86. The number of ether oxygens (including phenoxy) is 1. The van der Waals surface area contributed by atoms with Crippen LogP contribution in [0.2, 0.25) is 0 Å². The van der Waals surface area contributed by atoms with E-state index in [2.05, 4.69) is 0 Å². The summed E-state index contributed by atoms with van der Waals surface area (Å²) in [7, 11) is 0. The van der Waals surface area contributed by atoms with Gasteiger partial charge in [-0.05, 0) is 27.2 Å². The van der Waals surface area contributed by atoms with Crippen LogP contribution in [0.25, 0.3) is 0 Å². The molecule has 1 aliphatic heterocycles. The summed E-state index contributed by atoms with van der Waals surface area (Å²) in [6.45, 7) is 6.50. The molecule has 2 fully saturated rings. The van der Waals surface area contributed by atoms with Gasteiger partial charge in [-0.3, -0.25) is 4.79 Å². The highest BCUT2D eigenvalue weighted by atomic mass is 16.6. The van der Waals surface area contributed by atoms with E-state index in [-0.39, 0.29) is 17.4 Å². The Hall–Kier alpha value is -1.26. The van der Waals surface area contributed by atoms with E-state index in [1.54, 1.807) is 4.90 Å². The summed E-state index contributed by atoms with van der Waals surface area (Å²) in [5.74, 6) is -1.00. The van der Waals surface area contributed by atoms with Gasteiger partial charge in [0.15, 0.2) is 0 Å². The van der Waals surface area contributed by atoms with E-state index in [4.69, 9.17) is 9.84 Å². The van der Waals surface area contributed by atoms with Gasteiger partial charge in [0.1, 0.15) is 5.60 Å². The molecule has 1 atom stereocenters. The zero-order valence-corrected chi connectivity index (χ0v) is 9.82. The SMILES string of the molecule is CC(C)(C)OC(=O)N1CC2(C[C@@H]2C(=O)O)C1. The topological polar surface area (TPSA) is 66.8 Å². The second-order valence-electron chi connectivity index (χ2n) is 5.79. The number of hydrogen-bond donors (Lipinski definition) is 1. The lowest BCUT2D eigenvalue weighted by molar-refractivity contribution is -0.140. The maximum absolute atomic E-state index is 11.6. The molecule has 0 bridgehead atoms. The molecule has 90 valence electrons. The number of carboxylic acid groups (broad SMARTS) is 1. The first-order valence-electron chi connectivity index (χ1n) is 5.44. The van der Waals surface area contributed by atoms with E-state index in [0.717, 1.165) is 0 Å². The summed E-state index contributed by atoms with van der Waals surface area (Å²) in [5.41, 5.74) is -0.627. The number of carboxylic acids is 1. The molecule has 1 N–H and O–H groups in total. The van der Waals surface area contributed by atoms with E-state index < -0.39 is 11.6 Å². The van der Waals surface area contributed by atoms with Crippen LogP contribution in [0, 0.1) is 11.3 Å². The van der Waals surface area contributed by atoms with Gasteiger partial charge in [0.25, 0.3) is 0 Å². The number of nitrogens with zero attached hydrogens (tertiary/aromatic N) is 1. The fourth-order valence-electron chi connectivity index (χ4n) is 2.22. The summed E-state index contributed by atoms with van der Waals surface area (Å²) in [5, 5.41) is 8.83. The Balaban J connectivity index is 1.82. The summed E-state index contributed by atoms with van der Waals surface area (Å²) >= 11 is 0. The fourth-order valence-corrected chi connectivity index (χ4v) is 2.22. The first-order valence-corrected chi connectivity index (χ1v) is 5.44.